The number of hydrogen-bond donors (Lipinski definition) is 1. The van der Waals surface area contributed by atoms with E-state index in [9.17, 15) is 0 Å². The van der Waals surface area contributed by atoms with Crippen LogP contribution in [-0.2, 0) is 6.54 Å². The molecule has 3 heteroatoms. The summed E-state index contributed by atoms with van der Waals surface area (Å²) in [4.78, 5) is 0. The second-order valence-electron chi connectivity index (χ2n) is 4.33. The molecule has 0 bridgehead atoms. The second kappa shape index (κ2) is 7.05. The highest BCUT2D eigenvalue weighted by Crippen LogP contribution is 2.21. The van der Waals surface area contributed by atoms with Crippen LogP contribution in [0.2, 0.25) is 5.02 Å². The summed E-state index contributed by atoms with van der Waals surface area (Å²) in [5.74, 6) is 0.920. The van der Waals surface area contributed by atoms with Crippen molar-refractivity contribution in [1.82, 2.24) is 0 Å². The van der Waals surface area contributed by atoms with Gasteiger partial charge >= 0.3 is 0 Å². The van der Waals surface area contributed by atoms with Crippen LogP contribution in [0, 0.1) is 0 Å². The van der Waals surface area contributed by atoms with Gasteiger partial charge in [-0.05, 0) is 36.2 Å². The fourth-order valence-electron chi connectivity index (χ4n) is 1.73. The minimum atomic E-state index is 0.741. The number of ether oxygens (including phenoxy) is 1. The highest BCUT2D eigenvalue weighted by molar-refractivity contribution is 6.33. The smallest absolute Gasteiger partial charge is 0.119 e. The molecule has 0 heterocycles. The fraction of sp³-hybridized carbons (Fsp3) is 0.250. The van der Waals surface area contributed by atoms with Crippen LogP contribution in [0.3, 0.4) is 0 Å². The fourth-order valence-corrected chi connectivity index (χ4v) is 1.93. The van der Waals surface area contributed by atoms with Gasteiger partial charge in [0.1, 0.15) is 5.75 Å². The van der Waals surface area contributed by atoms with Crippen molar-refractivity contribution in [3.63, 3.8) is 0 Å². The highest BCUT2D eigenvalue weighted by atomic mass is 35.5. The maximum Gasteiger partial charge on any atom is 0.119 e. The molecule has 2 aromatic rings. The van der Waals surface area contributed by atoms with Crippen LogP contribution in [0.4, 0.5) is 5.69 Å². The lowest BCUT2D eigenvalue weighted by Crippen LogP contribution is -2.00. The molecule has 19 heavy (non-hydrogen) atoms. The van der Waals surface area contributed by atoms with Gasteiger partial charge in [-0.3, -0.25) is 0 Å². The van der Waals surface area contributed by atoms with E-state index in [-0.39, 0.29) is 0 Å². The topological polar surface area (TPSA) is 21.3 Å². The van der Waals surface area contributed by atoms with Crippen molar-refractivity contribution in [2.75, 3.05) is 11.9 Å². The van der Waals surface area contributed by atoms with E-state index in [0.29, 0.717) is 0 Å². The summed E-state index contributed by atoms with van der Waals surface area (Å²) in [6.07, 6.45) is 1.02. The Balaban J connectivity index is 1.91. The number of nitrogens with one attached hydrogen (secondary N) is 1. The highest BCUT2D eigenvalue weighted by Gasteiger charge is 1.99. The Hall–Kier alpha value is -1.67. The zero-order valence-corrected chi connectivity index (χ0v) is 11.8. The first-order valence-electron chi connectivity index (χ1n) is 6.49. The molecule has 1 N–H and O–H groups in total. The molecule has 0 amide bonds. The summed E-state index contributed by atoms with van der Waals surface area (Å²) in [5.41, 5.74) is 2.15. The molecule has 2 aromatic carbocycles. The van der Waals surface area contributed by atoms with Crippen molar-refractivity contribution in [3.8, 4) is 5.75 Å². The molecule has 0 saturated carbocycles. The van der Waals surface area contributed by atoms with Gasteiger partial charge in [0.25, 0.3) is 0 Å². The normalized spacial score (nSPS) is 10.2. The third kappa shape index (κ3) is 4.18. The molecule has 0 radical (unpaired) electrons. The zero-order valence-electron chi connectivity index (χ0n) is 11.0. The Morgan fingerprint density at radius 1 is 1.05 bits per heavy atom. The molecule has 0 aromatic heterocycles. The van der Waals surface area contributed by atoms with Crippen molar-refractivity contribution in [1.29, 1.82) is 0 Å². The summed E-state index contributed by atoms with van der Waals surface area (Å²) in [6.45, 7) is 3.61. The lowest BCUT2D eigenvalue weighted by Gasteiger charge is -2.09. The summed E-state index contributed by atoms with van der Waals surface area (Å²) in [5, 5.41) is 4.06. The first-order chi connectivity index (χ1) is 9.29. The van der Waals surface area contributed by atoms with Gasteiger partial charge in [-0.25, -0.2) is 0 Å². The molecule has 0 spiro atoms. The second-order valence-corrected chi connectivity index (χ2v) is 4.73. The van der Waals surface area contributed by atoms with Crippen LogP contribution in [0.1, 0.15) is 18.9 Å². The van der Waals surface area contributed by atoms with Gasteiger partial charge < -0.3 is 10.1 Å². The van der Waals surface area contributed by atoms with Gasteiger partial charge in [0.05, 0.1) is 17.3 Å². The van der Waals surface area contributed by atoms with Crippen LogP contribution in [0.5, 0.6) is 5.75 Å². The van der Waals surface area contributed by atoms with Gasteiger partial charge in [-0.2, -0.15) is 0 Å². The van der Waals surface area contributed by atoms with E-state index in [1.165, 1.54) is 5.56 Å². The number of rotatable bonds is 6. The predicted molar refractivity (Wildman–Crippen MR) is 81.0 cm³/mol. The number of para-hydroxylation sites is 1. The lowest BCUT2D eigenvalue weighted by molar-refractivity contribution is 0.317. The van der Waals surface area contributed by atoms with E-state index in [2.05, 4.69) is 24.4 Å². The van der Waals surface area contributed by atoms with E-state index in [1.807, 2.05) is 36.4 Å². The third-order valence-electron chi connectivity index (χ3n) is 2.75. The van der Waals surface area contributed by atoms with Gasteiger partial charge in [0, 0.05) is 6.54 Å². The van der Waals surface area contributed by atoms with Gasteiger partial charge in [0.15, 0.2) is 0 Å². The molecule has 0 fully saturated rings. The quantitative estimate of drug-likeness (QED) is 0.822. The molecular formula is C16H18ClNO. The summed E-state index contributed by atoms with van der Waals surface area (Å²) < 4.78 is 5.55. The summed E-state index contributed by atoms with van der Waals surface area (Å²) in [7, 11) is 0. The molecule has 0 saturated heterocycles. The molecule has 0 aliphatic heterocycles. The van der Waals surface area contributed by atoms with Crippen molar-refractivity contribution >= 4 is 17.3 Å². The van der Waals surface area contributed by atoms with Gasteiger partial charge in [-0.1, -0.05) is 42.8 Å². The Morgan fingerprint density at radius 3 is 2.47 bits per heavy atom. The van der Waals surface area contributed by atoms with Crippen molar-refractivity contribution in [2.24, 2.45) is 0 Å². The first kappa shape index (κ1) is 13.8. The van der Waals surface area contributed by atoms with E-state index < -0.39 is 0 Å². The van der Waals surface area contributed by atoms with Gasteiger partial charge in [0.2, 0.25) is 0 Å². The van der Waals surface area contributed by atoms with Crippen LogP contribution in [-0.4, -0.2) is 6.61 Å². The van der Waals surface area contributed by atoms with Crippen molar-refractivity contribution in [2.45, 2.75) is 19.9 Å². The Labute approximate surface area is 119 Å². The van der Waals surface area contributed by atoms with Crippen LogP contribution in [0.15, 0.2) is 48.5 Å². The van der Waals surface area contributed by atoms with Crippen LogP contribution >= 0.6 is 11.6 Å². The molecular weight excluding hydrogens is 258 g/mol. The summed E-state index contributed by atoms with van der Waals surface area (Å²) >= 11 is 6.09. The van der Waals surface area contributed by atoms with Crippen molar-refractivity contribution < 1.29 is 4.74 Å². The Bertz CT molecular complexity index is 510. The molecule has 0 aliphatic carbocycles. The lowest BCUT2D eigenvalue weighted by atomic mass is 10.2. The minimum Gasteiger partial charge on any atom is -0.494 e. The number of hydrogen-bond acceptors (Lipinski definition) is 2. The average Bonchev–Trinajstić information content (AvgIpc) is 2.45. The molecule has 100 valence electrons. The molecule has 0 unspecified atom stereocenters. The monoisotopic (exact) mass is 275 g/mol. The van der Waals surface area contributed by atoms with Crippen molar-refractivity contribution in [3.05, 3.63) is 59.1 Å². The predicted octanol–water partition coefficient (Wildman–Crippen LogP) is 4.74. The van der Waals surface area contributed by atoms with Crippen LogP contribution in [0.25, 0.3) is 0 Å². The van der Waals surface area contributed by atoms with E-state index in [0.717, 1.165) is 36.0 Å². The first-order valence-corrected chi connectivity index (χ1v) is 6.87. The average molecular weight is 276 g/mol. The number of halogens is 1. The van der Waals surface area contributed by atoms with E-state index in [1.54, 1.807) is 0 Å². The largest absolute Gasteiger partial charge is 0.494 e. The van der Waals surface area contributed by atoms with Crippen LogP contribution < -0.4 is 10.1 Å². The number of benzene rings is 2. The maximum absolute atomic E-state index is 6.09. The summed E-state index contributed by atoms with van der Waals surface area (Å²) in [6, 6.07) is 15.9. The molecule has 0 atom stereocenters. The maximum atomic E-state index is 6.09. The van der Waals surface area contributed by atoms with Gasteiger partial charge in [-0.15, -0.1) is 0 Å². The minimum absolute atomic E-state index is 0.741. The molecule has 2 nitrogen and oxygen atoms in total. The molecule has 2 rings (SSSR count). The number of anilines is 1. The standard InChI is InChI=1S/C16H18ClNO/c1-2-11-19-14-9-7-13(8-10-14)12-18-16-6-4-3-5-15(16)17/h3-10,18H,2,11-12H2,1H3. The third-order valence-corrected chi connectivity index (χ3v) is 3.08. The Morgan fingerprint density at radius 2 is 1.79 bits per heavy atom. The van der Waals surface area contributed by atoms with E-state index >= 15 is 0 Å². The Kier molecular flexibility index (Phi) is 5.10. The molecule has 0 aliphatic rings. The SMILES string of the molecule is CCCOc1ccc(CNc2ccccc2Cl)cc1. The zero-order chi connectivity index (χ0) is 13.5. The van der Waals surface area contributed by atoms with E-state index in [4.69, 9.17) is 16.3 Å².